The Bertz CT molecular complexity index is 881. The van der Waals surface area contributed by atoms with E-state index in [2.05, 4.69) is 10.6 Å². The fourth-order valence-electron chi connectivity index (χ4n) is 2.02. The quantitative estimate of drug-likeness (QED) is 0.361. The molecule has 0 aliphatic rings. The van der Waals surface area contributed by atoms with Crippen molar-refractivity contribution in [1.29, 1.82) is 0 Å². The molecule has 0 spiro atoms. The average molecular weight is 454 g/mol. The minimum atomic E-state index is -9.81. The molecule has 0 unspecified atom stereocenters. The Hall–Kier alpha value is -2.15. The highest BCUT2D eigenvalue weighted by Gasteiger charge is 2.65. The fraction of sp³-hybridized carbons (Fsp3) is 0.133. The van der Waals surface area contributed by atoms with Crippen molar-refractivity contribution in [2.45, 2.75) is 17.2 Å². The van der Waals surface area contributed by atoms with E-state index < -0.39 is 33.0 Å². The van der Waals surface area contributed by atoms with E-state index in [1.165, 1.54) is 6.07 Å². The molecule has 0 saturated heterocycles. The number of rotatable bonds is 5. The van der Waals surface area contributed by atoms with Crippen LogP contribution >= 0.6 is 22.4 Å². The Balaban J connectivity index is 2.12. The number of anilines is 2. The molecule has 156 valence electrons. The third kappa shape index (κ3) is 5.44. The summed E-state index contributed by atoms with van der Waals surface area (Å²) in [7, 11) is -9.81. The van der Waals surface area contributed by atoms with E-state index in [9.17, 15) is 37.0 Å². The van der Waals surface area contributed by atoms with Gasteiger partial charge in [0.2, 0.25) is 0 Å². The second kappa shape index (κ2) is 6.44. The zero-order valence-electron chi connectivity index (χ0n) is 13.4. The van der Waals surface area contributed by atoms with Crippen molar-refractivity contribution < 1.29 is 37.0 Å². The maximum Gasteiger partial charge on any atom is 0.332 e. The van der Waals surface area contributed by atoms with Crippen LogP contribution in [0.5, 0.6) is 0 Å². The lowest BCUT2D eigenvalue weighted by Gasteiger charge is -2.40. The molecule has 2 N–H and O–H groups in total. The predicted molar refractivity (Wildman–Crippen MR) is 94.0 cm³/mol. The van der Waals surface area contributed by atoms with Gasteiger partial charge in [0.1, 0.15) is 4.90 Å². The van der Waals surface area contributed by atoms with E-state index >= 15 is 0 Å². The first-order chi connectivity index (χ1) is 12.5. The Morgan fingerprint density at radius 1 is 0.857 bits per heavy atom. The summed E-state index contributed by atoms with van der Waals surface area (Å²) in [4.78, 5) is -2.09. The number of nitrogens with one attached hydrogen (secondary N) is 2. The summed E-state index contributed by atoms with van der Waals surface area (Å²) in [5, 5.41) is 4.45. The Labute approximate surface area is 158 Å². The first kappa shape index (κ1) is 22.1. The highest BCUT2D eigenvalue weighted by Crippen LogP contribution is 3.02. The van der Waals surface area contributed by atoms with Gasteiger partial charge in [-0.2, -0.15) is 8.78 Å². The number of alkyl halides is 4. The average Bonchev–Trinajstić information content (AvgIpc) is 2.53. The van der Waals surface area contributed by atoms with Crippen molar-refractivity contribution in [3.8, 4) is 0 Å². The van der Waals surface area contributed by atoms with Gasteiger partial charge in [-0.1, -0.05) is 31.6 Å². The predicted octanol–water partition coefficient (Wildman–Crippen LogP) is 7.51. The van der Waals surface area contributed by atoms with Crippen LogP contribution in [0.25, 0.3) is 0 Å². The van der Waals surface area contributed by atoms with Crippen molar-refractivity contribution in [3.05, 3.63) is 54.1 Å². The first-order valence-corrected chi connectivity index (χ1v) is 9.54. The number of thiocarbonyl (C=S) groups is 1. The molecule has 0 aliphatic carbocycles. The van der Waals surface area contributed by atoms with Crippen LogP contribution in [0.1, 0.15) is 5.56 Å². The molecule has 0 atom stereocenters. The molecule has 0 aliphatic heterocycles. The van der Waals surface area contributed by atoms with Gasteiger partial charge in [-0.05, 0) is 48.6 Å². The maximum absolute atomic E-state index is 13.4. The van der Waals surface area contributed by atoms with Gasteiger partial charge in [0.25, 0.3) is 0 Å². The van der Waals surface area contributed by atoms with Gasteiger partial charge in [-0.25, -0.2) is 8.78 Å². The second-order valence-electron chi connectivity index (χ2n) is 5.58. The van der Waals surface area contributed by atoms with Crippen LogP contribution < -0.4 is 10.6 Å². The molecule has 0 heterocycles. The summed E-state index contributed by atoms with van der Waals surface area (Å²) in [5.41, 5.74) is -1.17. The SMILES string of the molecule is FC(F)C(F)(F)c1cccc(NC(=S)Nc2ccc(S(F)(F)(F)(F)F)cc2)c1. The molecule has 0 saturated carbocycles. The molecule has 2 aromatic carbocycles. The molecule has 0 amide bonds. The van der Waals surface area contributed by atoms with Crippen molar-refractivity contribution in [3.63, 3.8) is 0 Å². The van der Waals surface area contributed by atoms with Gasteiger partial charge >= 0.3 is 22.6 Å². The Kier molecular flexibility index (Phi) is 5.09. The third-order valence-corrected chi connectivity index (χ3v) is 4.70. The number of hydrogen-bond acceptors (Lipinski definition) is 1. The van der Waals surface area contributed by atoms with Gasteiger partial charge in [-0.3, -0.25) is 0 Å². The lowest BCUT2D eigenvalue weighted by molar-refractivity contribution is -0.135. The van der Waals surface area contributed by atoms with Crippen LogP contribution in [0.2, 0.25) is 0 Å². The maximum atomic E-state index is 13.4. The summed E-state index contributed by atoms with van der Waals surface area (Å²) in [6.07, 6.45) is -3.93. The summed E-state index contributed by atoms with van der Waals surface area (Å²) in [6.45, 7) is 0. The van der Waals surface area contributed by atoms with Crippen LogP contribution in [0, 0.1) is 0 Å². The zero-order chi connectivity index (χ0) is 21.4. The normalized spacial score (nSPS) is 14.9. The van der Waals surface area contributed by atoms with Gasteiger partial charge in [0.15, 0.2) is 5.11 Å². The van der Waals surface area contributed by atoms with Gasteiger partial charge < -0.3 is 10.6 Å². The monoisotopic (exact) mass is 454 g/mol. The molecular weight excluding hydrogens is 443 g/mol. The first-order valence-electron chi connectivity index (χ1n) is 7.18. The fourth-order valence-corrected chi connectivity index (χ4v) is 2.91. The van der Waals surface area contributed by atoms with E-state index in [4.69, 9.17) is 12.2 Å². The van der Waals surface area contributed by atoms with Crippen molar-refractivity contribution in [1.82, 2.24) is 0 Å². The molecule has 2 nitrogen and oxygen atoms in total. The summed E-state index contributed by atoms with van der Waals surface area (Å²) in [6, 6.07) is 5.53. The van der Waals surface area contributed by atoms with Crippen LogP contribution in [0.4, 0.5) is 48.4 Å². The summed E-state index contributed by atoms with van der Waals surface area (Å²) in [5.74, 6) is -4.39. The molecule has 0 radical (unpaired) electrons. The summed E-state index contributed by atoms with van der Waals surface area (Å²) < 4.78 is 115. The van der Waals surface area contributed by atoms with Crippen LogP contribution in [-0.2, 0) is 5.92 Å². The largest absolute Gasteiger partial charge is 0.332 e. The third-order valence-electron chi connectivity index (χ3n) is 3.34. The van der Waals surface area contributed by atoms with E-state index in [1.54, 1.807) is 0 Å². The van der Waals surface area contributed by atoms with Gasteiger partial charge in [-0.15, -0.1) is 0 Å². The minimum absolute atomic E-state index is 0.0982. The van der Waals surface area contributed by atoms with Gasteiger partial charge in [0.05, 0.1) is 0 Å². The van der Waals surface area contributed by atoms with E-state index in [-0.39, 0.29) is 28.6 Å². The minimum Gasteiger partial charge on any atom is -0.332 e. The van der Waals surface area contributed by atoms with E-state index in [0.29, 0.717) is 12.1 Å². The van der Waals surface area contributed by atoms with Crippen molar-refractivity contribution >= 4 is 38.9 Å². The highest BCUT2D eigenvalue weighted by molar-refractivity contribution is 8.45. The van der Waals surface area contributed by atoms with Crippen LogP contribution in [0.3, 0.4) is 0 Å². The molecule has 2 aromatic rings. The van der Waals surface area contributed by atoms with Crippen molar-refractivity contribution in [2.75, 3.05) is 10.6 Å². The van der Waals surface area contributed by atoms with Crippen LogP contribution in [0.15, 0.2) is 53.4 Å². The highest BCUT2D eigenvalue weighted by atomic mass is 32.5. The molecule has 0 fully saturated rings. The lowest BCUT2D eigenvalue weighted by atomic mass is 10.1. The molecule has 2 rings (SSSR count). The standard InChI is InChI=1S/C15H11F9N2S2/c16-13(17)15(18,19)9-2-1-3-11(8-9)26-14(27)25-10-4-6-12(7-5-10)28(20,21,22,23)24/h1-8,13H,(H2,25,26,27). The number of halogens is 9. The Morgan fingerprint density at radius 3 is 1.89 bits per heavy atom. The molecular formula is C15H11F9N2S2. The molecule has 28 heavy (non-hydrogen) atoms. The van der Waals surface area contributed by atoms with E-state index in [1.807, 2.05) is 0 Å². The van der Waals surface area contributed by atoms with Crippen LogP contribution in [-0.4, -0.2) is 11.5 Å². The second-order valence-corrected chi connectivity index (χ2v) is 8.39. The molecule has 13 heteroatoms. The van der Waals surface area contributed by atoms with E-state index in [0.717, 1.165) is 18.2 Å². The lowest BCUT2D eigenvalue weighted by Crippen LogP contribution is -2.24. The zero-order valence-corrected chi connectivity index (χ0v) is 15.0. The number of benzene rings is 2. The molecule has 0 bridgehead atoms. The summed E-state index contributed by atoms with van der Waals surface area (Å²) >= 11 is 4.84. The van der Waals surface area contributed by atoms with Crippen molar-refractivity contribution in [2.24, 2.45) is 0 Å². The smallest absolute Gasteiger partial charge is 0.332 e. The van der Waals surface area contributed by atoms with Gasteiger partial charge in [0, 0.05) is 16.9 Å². The Morgan fingerprint density at radius 2 is 1.39 bits per heavy atom. The molecule has 0 aromatic heterocycles. The number of hydrogen-bond donors (Lipinski definition) is 2. The topological polar surface area (TPSA) is 24.1 Å².